The highest BCUT2D eigenvalue weighted by Gasteiger charge is 2.28. The molecule has 1 fully saturated rings. The van der Waals surface area contributed by atoms with Gasteiger partial charge in [-0.1, -0.05) is 17.7 Å². The summed E-state index contributed by atoms with van der Waals surface area (Å²) in [5.74, 6) is -0.867. The van der Waals surface area contributed by atoms with Crippen molar-refractivity contribution in [1.29, 1.82) is 0 Å². The first-order valence-corrected chi connectivity index (χ1v) is 11.1. The van der Waals surface area contributed by atoms with Crippen molar-refractivity contribution in [3.8, 4) is 0 Å². The van der Waals surface area contributed by atoms with Crippen molar-refractivity contribution < 1.29 is 22.3 Å². The van der Waals surface area contributed by atoms with Gasteiger partial charge in [0.15, 0.2) is 0 Å². The molecule has 0 spiro atoms. The van der Waals surface area contributed by atoms with Crippen LogP contribution in [-0.2, 0) is 21.3 Å². The molecule has 1 heterocycles. The van der Waals surface area contributed by atoms with Crippen LogP contribution in [0.4, 0.5) is 4.39 Å². The highest BCUT2D eigenvalue weighted by molar-refractivity contribution is 7.89. The third-order valence-corrected chi connectivity index (χ3v) is 7.01. The summed E-state index contributed by atoms with van der Waals surface area (Å²) in [6.07, 6.45) is 0. The molecule has 0 N–H and O–H groups in total. The zero-order chi connectivity index (χ0) is 21.0. The van der Waals surface area contributed by atoms with Crippen LogP contribution >= 0.6 is 11.6 Å². The van der Waals surface area contributed by atoms with Gasteiger partial charge in [0.1, 0.15) is 5.82 Å². The molecule has 1 saturated heterocycles. The number of carbonyl (C=O) groups is 1. The Balaban J connectivity index is 1.62. The average molecular weight is 441 g/mol. The first-order valence-electron chi connectivity index (χ1n) is 9.25. The molecule has 156 valence electrons. The first-order chi connectivity index (χ1) is 13.8. The van der Waals surface area contributed by atoms with E-state index in [0.29, 0.717) is 43.3 Å². The van der Waals surface area contributed by atoms with Gasteiger partial charge in [0.2, 0.25) is 10.0 Å². The fourth-order valence-electron chi connectivity index (χ4n) is 3.15. The Hall–Kier alpha value is -2.00. The number of benzene rings is 2. The molecule has 9 heteroatoms. The molecule has 0 unspecified atom stereocenters. The summed E-state index contributed by atoms with van der Waals surface area (Å²) in [4.78, 5) is 13.9. The maximum absolute atomic E-state index is 13.2. The fourth-order valence-corrected chi connectivity index (χ4v) is 4.79. The van der Waals surface area contributed by atoms with E-state index in [4.69, 9.17) is 16.3 Å². The Morgan fingerprint density at radius 3 is 2.34 bits per heavy atom. The molecule has 0 atom stereocenters. The van der Waals surface area contributed by atoms with Crippen LogP contribution < -0.4 is 0 Å². The monoisotopic (exact) mass is 440 g/mol. The molecule has 2 aromatic carbocycles. The minimum absolute atomic E-state index is 0.139. The summed E-state index contributed by atoms with van der Waals surface area (Å²) in [6.45, 7) is 4.23. The van der Waals surface area contributed by atoms with Gasteiger partial charge in [-0.15, -0.1) is 0 Å². The summed E-state index contributed by atoms with van der Waals surface area (Å²) in [5, 5.41) is 0.363. The molecule has 0 saturated carbocycles. The Kier molecular flexibility index (Phi) is 6.89. The normalized spacial score (nSPS) is 16.0. The van der Waals surface area contributed by atoms with E-state index < -0.39 is 16.0 Å². The van der Waals surface area contributed by atoms with E-state index in [1.54, 1.807) is 13.0 Å². The second-order valence-corrected chi connectivity index (χ2v) is 9.01. The van der Waals surface area contributed by atoms with Gasteiger partial charge in [0, 0.05) is 37.7 Å². The van der Waals surface area contributed by atoms with Crippen molar-refractivity contribution >= 4 is 27.6 Å². The topological polar surface area (TPSA) is 66.9 Å². The largest absolute Gasteiger partial charge is 0.462 e. The highest BCUT2D eigenvalue weighted by Crippen LogP contribution is 2.22. The minimum Gasteiger partial charge on any atom is -0.462 e. The maximum Gasteiger partial charge on any atom is 0.338 e. The number of rotatable bonds is 6. The molecule has 0 bridgehead atoms. The van der Waals surface area contributed by atoms with Crippen molar-refractivity contribution in [2.45, 2.75) is 18.4 Å². The van der Waals surface area contributed by atoms with Gasteiger partial charge in [-0.05, 0) is 48.9 Å². The number of sulfonamides is 1. The maximum atomic E-state index is 13.2. The number of hydrogen-bond donors (Lipinski definition) is 0. The molecule has 0 amide bonds. The van der Waals surface area contributed by atoms with E-state index in [2.05, 4.69) is 4.90 Å². The number of piperazine rings is 1. The summed E-state index contributed by atoms with van der Waals surface area (Å²) in [6, 6.07) is 10.0. The third kappa shape index (κ3) is 5.14. The molecule has 0 aliphatic carbocycles. The van der Waals surface area contributed by atoms with Crippen LogP contribution in [0.1, 0.15) is 22.8 Å². The molecule has 3 rings (SSSR count). The van der Waals surface area contributed by atoms with E-state index >= 15 is 0 Å². The van der Waals surface area contributed by atoms with E-state index in [1.165, 1.54) is 40.7 Å². The molecular formula is C20H22ClFN2O4S. The number of esters is 1. The van der Waals surface area contributed by atoms with Gasteiger partial charge in [-0.3, -0.25) is 4.90 Å². The van der Waals surface area contributed by atoms with Gasteiger partial charge in [0.05, 0.1) is 17.1 Å². The second-order valence-electron chi connectivity index (χ2n) is 6.66. The van der Waals surface area contributed by atoms with Crippen molar-refractivity contribution in [2.24, 2.45) is 0 Å². The smallest absolute Gasteiger partial charge is 0.338 e. The van der Waals surface area contributed by atoms with Crippen LogP contribution in [0, 0.1) is 5.82 Å². The number of halogens is 2. The number of carbonyl (C=O) groups excluding carboxylic acids is 1. The molecule has 0 aromatic heterocycles. The van der Waals surface area contributed by atoms with E-state index in [1.807, 2.05) is 0 Å². The minimum atomic E-state index is -3.65. The highest BCUT2D eigenvalue weighted by atomic mass is 35.5. The Bertz CT molecular complexity index is 974. The zero-order valence-corrected chi connectivity index (χ0v) is 17.5. The van der Waals surface area contributed by atoms with Crippen LogP contribution in [0.15, 0.2) is 47.4 Å². The van der Waals surface area contributed by atoms with E-state index in [-0.39, 0.29) is 17.3 Å². The Labute approximate surface area is 174 Å². The summed E-state index contributed by atoms with van der Waals surface area (Å²) < 4.78 is 45.3. The lowest BCUT2D eigenvalue weighted by molar-refractivity contribution is 0.0526. The van der Waals surface area contributed by atoms with Crippen molar-refractivity contribution in [1.82, 2.24) is 9.21 Å². The van der Waals surface area contributed by atoms with Crippen LogP contribution in [0.25, 0.3) is 0 Å². The van der Waals surface area contributed by atoms with Gasteiger partial charge in [0.25, 0.3) is 0 Å². The van der Waals surface area contributed by atoms with E-state index in [9.17, 15) is 17.6 Å². The predicted molar refractivity (Wildman–Crippen MR) is 108 cm³/mol. The average Bonchev–Trinajstić information content (AvgIpc) is 2.71. The number of ether oxygens (including phenoxy) is 1. The fraction of sp³-hybridized carbons (Fsp3) is 0.350. The van der Waals surface area contributed by atoms with Gasteiger partial charge in [-0.25, -0.2) is 17.6 Å². The third-order valence-electron chi connectivity index (χ3n) is 4.74. The van der Waals surface area contributed by atoms with Gasteiger partial charge < -0.3 is 4.74 Å². The second kappa shape index (κ2) is 9.21. The van der Waals surface area contributed by atoms with Crippen molar-refractivity contribution in [2.75, 3.05) is 32.8 Å². The van der Waals surface area contributed by atoms with Crippen LogP contribution in [0.3, 0.4) is 0 Å². The van der Waals surface area contributed by atoms with Crippen LogP contribution in [0.5, 0.6) is 0 Å². The Morgan fingerprint density at radius 1 is 1.10 bits per heavy atom. The molecular weight excluding hydrogens is 419 g/mol. The summed E-state index contributed by atoms with van der Waals surface area (Å²) in [5.41, 5.74) is 1.12. The standard InChI is InChI=1S/C20H22ClFN2O4S/c1-2-28-20(25)15-4-7-18(8-5-15)29(26,27)24-11-9-23(10-12-24)14-16-3-6-17(22)13-19(16)21/h3-8,13H,2,9-12,14H2,1H3. The molecule has 29 heavy (non-hydrogen) atoms. The van der Waals surface area contributed by atoms with Crippen LogP contribution in [-0.4, -0.2) is 56.4 Å². The zero-order valence-electron chi connectivity index (χ0n) is 16.0. The Morgan fingerprint density at radius 2 is 1.76 bits per heavy atom. The SMILES string of the molecule is CCOC(=O)c1ccc(S(=O)(=O)N2CCN(Cc3ccc(F)cc3Cl)CC2)cc1. The lowest BCUT2D eigenvalue weighted by Gasteiger charge is -2.34. The van der Waals surface area contributed by atoms with Gasteiger partial charge in [-0.2, -0.15) is 4.31 Å². The molecule has 1 aliphatic heterocycles. The quantitative estimate of drug-likeness (QED) is 0.645. The molecule has 6 nitrogen and oxygen atoms in total. The molecule has 1 aliphatic rings. The summed E-state index contributed by atoms with van der Waals surface area (Å²) in [7, 11) is -3.65. The lowest BCUT2D eigenvalue weighted by atomic mass is 10.2. The lowest BCUT2D eigenvalue weighted by Crippen LogP contribution is -2.48. The van der Waals surface area contributed by atoms with Crippen molar-refractivity contribution in [3.63, 3.8) is 0 Å². The summed E-state index contributed by atoms with van der Waals surface area (Å²) >= 11 is 6.08. The number of hydrogen-bond acceptors (Lipinski definition) is 5. The molecule has 2 aromatic rings. The predicted octanol–water partition coefficient (Wildman–Crippen LogP) is 3.16. The first kappa shape index (κ1) is 21.7. The van der Waals surface area contributed by atoms with Crippen LogP contribution in [0.2, 0.25) is 5.02 Å². The van der Waals surface area contributed by atoms with E-state index in [0.717, 1.165) is 5.56 Å². The molecule has 0 radical (unpaired) electrons. The number of nitrogens with zero attached hydrogens (tertiary/aromatic N) is 2. The van der Waals surface area contributed by atoms with Crippen molar-refractivity contribution in [3.05, 3.63) is 64.4 Å². The van der Waals surface area contributed by atoms with Gasteiger partial charge >= 0.3 is 5.97 Å².